The van der Waals surface area contributed by atoms with Gasteiger partial charge in [0.15, 0.2) is 0 Å². The van der Waals surface area contributed by atoms with Crippen LogP contribution >= 0.6 is 27.5 Å². The Hall–Kier alpha value is -1.92. The van der Waals surface area contributed by atoms with E-state index in [0.717, 1.165) is 10.0 Å². The van der Waals surface area contributed by atoms with Crippen LogP contribution in [0.5, 0.6) is 17.2 Å². The first-order valence-corrected chi connectivity index (χ1v) is 8.72. The van der Waals surface area contributed by atoms with E-state index in [-0.39, 0.29) is 6.61 Å². The monoisotopic (exact) mass is 428 g/mol. The highest BCUT2D eigenvalue weighted by Crippen LogP contribution is 2.34. The molecule has 0 aliphatic rings. The molecule has 0 heterocycles. The molecular weight excluding hydrogens is 412 g/mol. The Morgan fingerprint density at radius 3 is 2.56 bits per heavy atom. The molecular formula is C18H18BrClO5. The van der Waals surface area contributed by atoms with Gasteiger partial charge in [-0.15, -0.1) is 0 Å². The first-order valence-electron chi connectivity index (χ1n) is 7.55. The summed E-state index contributed by atoms with van der Waals surface area (Å²) in [6, 6.07) is 8.76. The molecule has 2 rings (SSSR count). The maximum atomic E-state index is 11.5. The quantitative estimate of drug-likeness (QED) is 0.446. The minimum absolute atomic E-state index is 0.125. The molecule has 0 bridgehead atoms. The molecule has 5 nitrogen and oxygen atoms in total. The Labute approximate surface area is 159 Å². The predicted molar refractivity (Wildman–Crippen MR) is 98.9 cm³/mol. The molecule has 0 radical (unpaired) electrons. The van der Waals surface area contributed by atoms with Gasteiger partial charge in [-0.05, 0) is 53.5 Å². The van der Waals surface area contributed by atoms with Gasteiger partial charge >= 0.3 is 6.16 Å². The van der Waals surface area contributed by atoms with E-state index < -0.39 is 6.16 Å². The van der Waals surface area contributed by atoms with Gasteiger partial charge in [-0.2, -0.15) is 0 Å². The highest BCUT2D eigenvalue weighted by atomic mass is 79.9. The summed E-state index contributed by atoms with van der Waals surface area (Å²) in [6.07, 6.45) is -0.811. The summed E-state index contributed by atoms with van der Waals surface area (Å²) >= 11 is 9.61. The van der Waals surface area contributed by atoms with Crippen molar-refractivity contribution in [2.75, 3.05) is 13.7 Å². The van der Waals surface area contributed by atoms with Crippen LogP contribution in [-0.2, 0) is 11.3 Å². The number of carbonyl (C=O) groups is 1. The fraction of sp³-hybridized carbons (Fsp3) is 0.278. The number of rotatable bonds is 6. The van der Waals surface area contributed by atoms with Crippen LogP contribution in [0.4, 0.5) is 4.79 Å². The molecule has 0 aromatic heterocycles. The topological polar surface area (TPSA) is 54.0 Å². The van der Waals surface area contributed by atoms with Crippen molar-refractivity contribution in [2.24, 2.45) is 0 Å². The number of halogens is 2. The van der Waals surface area contributed by atoms with Crippen LogP contribution < -0.4 is 14.2 Å². The van der Waals surface area contributed by atoms with Gasteiger partial charge in [-0.1, -0.05) is 17.7 Å². The average molecular weight is 430 g/mol. The summed E-state index contributed by atoms with van der Waals surface area (Å²) in [5.74, 6) is 1.45. The second kappa shape index (κ2) is 8.97. The first kappa shape index (κ1) is 19.4. The van der Waals surface area contributed by atoms with E-state index in [1.165, 1.54) is 7.11 Å². The van der Waals surface area contributed by atoms with Gasteiger partial charge in [-0.25, -0.2) is 4.79 Å². The van der Waals surface area contributed by atoms with Crippen LogP contribution in [0.15, 0.2) is 34.8 Å². The largest absolute Gasteiger partial charge is 0.513 e. The Morgan fingerprint density at radius 1 is 1.16 bits per heavy atom. The highest BCUT2D eigenvalue weighted by molar-refractivity contribution is 9.10. The van der Waals surface area contributed by atoms with Gasteiger partial charge in [0.1, 0.15) is 23.9 Å². The van der Waals surface area contributed by atoms with E-state index in [4.69, 9.17) is 25.8 Å². The zero-order chi connectivity index (χ0) is 18.4. The van der Waals surface area contributed by atoms with Gasteiger partial charge in [0.05, 0.1) is 23.8 Å². The molecule has 0 saturated carbocycles. The molecule has 0 aliphatic carbocycles. The summed E-state index contributed by atoms with van der Waals surface area (Å²) < 4.78 is 22.0. The van der Waals surface area contributed by atoms with Crippen molar-refractivity contribution in [2.45, 2.75) is 20.5 Å². The molecule has 25 heavy (non-hydrogen) atoms. The van der Waals surface area contributed by atoms with Gasteiger partial charge < -0.3 is 18.9 Å². The second-order valence-electron chi connectivity index (χ2n) is 5.04. The van der Waals surface area contributed by atoms with Gasteiger partial charge in [0, 0.05) is 11.1 Å². The lowest BCUT2D eigenvalue weighted by atomic mass is 10.2. The van der Waals surface area contributed by atoms with Crippen LogP contribution in [-0.4, -0.2) is 19.9 Å². The lowest BCUT2D eigenvalue weighted by molar-refractivity contribution is 0.120. The van der Waals surface area contributed by atoms with Crippen LogP contribution in [0.2, 0.25) is 5.02 Å². The molecule has 0 atom stereocenters. The Balaban J connectivity index is 2.30. The normalized spacial score (nSPS) is 10.3. The van der Waals surface area contributed by atoms with E-state index in [1.807, 2.05) is 19.9 Å². The average Bonchev–Trinajstić information content (AvgIpc) is 2.58. The summed E-state index contributed by atoms with van der Waals surface area (Å²) in [5.41, 5.74) is 1.53. The number of ether oxygens (including phenoxy) is 4. The summed E-state index contributed by atoms with van der Waals surface area (Å²) in [5, 5.41) is 0.599. The van der Waals surface area contributed by atoms with Crippen LogP contribution in [0.1, 0.15) is 18.1 Å². The van der Waals surface area contributed by atoms with E-state index in [2.05, 4.69) is 20.7 Å². The van der Waals surface area contributed by atoms with E-state index in [1.54, 1.807) is 24.3 Å². The zero-order valence-corrected chi connectivity index (χ0v) is 16.4. The van der Waals surface area contributed by atoms with Gasteiger partial charge in [-0.3, -0.25) is 0 Å². The molecule has 0 fully saturated rings. The highest BCUT2D eigenvalue weighted by Gasteiger charge is 2.16. The van der Waals surface area contributed by atoms with E-state index in [0.29, 0.717) is 34.4 Å². The Bertz CT molecular complexity index is 763. The molecule has 2 aromatic carbocycles. The third kappa shape index (κ3) is 5.03. The number of aryl methyl sites for hydroxylation is 1. The minimum Gasteiger partial charge on any atom is -0.493 e. The number of methoxy groups -OCH3 is 1. The Morgan fingerprint density at radius 2 is 1.88 bits per heavy atom. The maximum Gasteiger partial charge on any atom is 0.513 e. The van der Waals surface area contributed by atoms with Crippen molar-refractivity contribution in [1.82, 2.24) is 0 Å². The third-order valence-corrected chi connectivity index (χ3v) is 4.36. The SMILES string of the molecule is CCOc1cccc(OC(=O)OC)c1COc1cc(Cl)c(C)cc1Br. The Kier molecular flexibility index (Phi) is 6.96. The van der Waals surface area contributed by atoms with Crippen LogP contribution in [0, 0.1) is 6.92 Å². The maximum absolute atomic E-state index is 11.5. The molecule has 0 aliphatic heterocycles. The molecule has 7 heteroatoms. The van der Waals surface area contributed by atoms with Gasteiger partial charge in [0.2, 0.25) is 0 Å². The molecule has 134 valence electrons. The van der Waals surface area contributed by atoms with Crippen molar-refractivity contribution in [3.63, 3.8) is 0 Å². The lowest BCUT2D eigenvalue weighted by Gasteiger charge is -2.16. The van der Waals surface area contributed by atoms with Crippen molar-refractivity contribution < 1.29 is 23.7 Å². The second-order valence-corrected chi connectivity index (χ2v) is 6.30. The molecule has 0 saturated heterocycles. The summed E-state index contributed by atoms with van der Waals surface area (Å²) in [4.78, 5) is 11.5. The predicted octanol–water partition coefficient (Wildman–Crippen LogP) is 5.53. The van der Waals surface area contributed by atoms with Crippen molar-refractivity contribution in [3.05, 3.63) is 51.0 Å². The van der Waals surface area contributed by atoms with E-state index in [9.17, 15) is 4.79 Å². The lowest BCUT2D eigenvalue weighted by Crippen LogP contribution is -2.11. The smallest absolute Gasteiger partial charge is 0.493 e. The number of hydrogen-bond donors (Lipinski definition) is 0. The standard InChI is InChI=1S/C18H18BrClO5/c1-4-23-15-6-5-7-16(25-18(21)22-3)12(15)10-24-17-9-14(20)11(2)8-13(17)19/h5-9H,4,10H2,1-3H3. The third-order valence-electron chi connectivity index (χ3n) is 3.34. The molecule has 0 spiro atoms. The number of benzene rings is 2. The van der Waals surface area contributed by atoms with Gasteiger partial charge in [0.25, 0.3) is 0 Å². The van der Waals surface area contributed by atoms with E-state index >= 15 is 0 Å². The van der Waals surface area contributed by atoms with Crippen molar-refractivity contribution in [3.8, 4) is 17.2 Å². The summed E-state index contributed by atoms with van der Waals surface area (Å²) in [6.45, 7) is 4.37. The number of hydrogen-bond acceptors (Lipinski definition) is 5. The molecule has 0 N–H and O–H groups in total. The fourth-order valence-electron chi connectivity index (χ4n) is 2.09. The molecule has 0 amide bonds. The van der Waals surface area contributed by atoms with Crippen LogP contribution in [0.25, 0.3) is 0 Å². The van der Waals surface area contributed by atoms with Crippen molar-refractivity contribution >= 4 is 33.7 Å². The summed E-state index contributed by atoms with van der Waals surface area (Å²) in [7, 11) is 1.25. The molecule has 2 aromatic rings. The van der Waals surface area contributed by atoms with Crippen LogP contribution in [0.3, 0.4) is 0 Å². The van der Waals surface area contributed by atoms with Crippen molar-refractivity contribution in [1.29, 1.82) is 0 Å². The first-order chi connectivity index (χ1) is 12.0. The molecule has 0 unspecified atom stereocenters. The number of carbonyl (C=O) groups excluding carboxylic acids is 1. The minimum atomic E-state index is -0.811. The zero-order valence-electron chi connectivity index (χ0n) is 14.1. The fourth-order valence-corrected chi connectivity index (χ4v) is 2.82.